The van der Waals surface area contributed by atoms with Gasteiger partial charge in [0.1, 0.15) is 5.75 Å². The minimum Gasteiger partial charge on any atom is -0.496 e. The molecule has 0 bridgehead atoms. The molecule has 1 aliphatic heterocycles. The maximum Gasteiger partial charge on any atom is 0.491 e. The Morgan fingerprint density at radius 3 is 2.32 bits per heavy atom. The summed E-state index contributed by atoms with van der Waals surface area (Å²) < 4.78 is 17.7. The average molecular weight is 303 g/mol. The molecule has 1 heterocycles. The first kappa shape index (κ1) is 17.1. The highest BCUT2D eigenvalue weighted by molar-refractivity contribution is 6.56. The average Bonchev–Trinajstić information content (AvgIpc) is 2.67. The van der Waals surface area contributed by atoms with E-state index in [2.05, 4.69) is 39.1 Å². The van der Waals surface area contributed by atoms with Crippen molar-refractivity contribution in [3.8, 4) is 5.75 Å². The molecule has 5 heteroatoms. The topological polar surface area (TPSA) is 39.7 Å². The highest BCUT2D eigenvalue weighted by Crippen LogP contribution is 2.39. The smallest absolute Gasteiger partial charge is 0.491 e. The summed E-state index contributed by atoms with van der Waals surface area (Å²) in [5.74, 6) is 0.840. The Kier molecular flexibility index (Phi) is 5.00. The van der Waals surface area contributed by atoms with E-state index in [-0.39, 0.29) is 18.3 Å². The van der Waals surface area contributed by atoms with Crippen LogP contribution < -0.4 is 10.1 Å². The Balaban J connectivity index is 2.33. The van der Waals surface area contributed by atoms with Crippen LogP contribution in [0.1, 0.15) is 33.3 Å². The lowest BCUT2D eigenvalue weighted by Gasteiger charge is -2.32. The van der Waals surface area contributed by atoms with Crippen LogP contribution in [0.5, 0.6) is 5.75 Å². The van der Waals surface area contributed by atoms with E-state index in [0.717, 1.165) is 16.8 Å². The molecule has 120 valence electrons. The van der Waals surface area contributed by atoms with E-state index in [1.165, 1.54) is 0 Å². The van der Waals surface area contributed by atoms with Gasteiger partial charge in [0, 0.05) is 12.1 Å². The maximum atomic E-state index is 6.15. The molecule has 4 nitrogen and oxygen atoms in total. The molecule has 0 aliphatic carbocycles. The van der Waals surface area contributed by atoms with Crippen LogP contribution in [0.4, 0.5) is 0 Å². The van der Waals surface area contributed by atoms with Crippen LogP contribution >= 0.6 is 0 Å². The SMILES string of the molecule is CNCC(=Cc1ccccc1OC)B1OC(C)(C)C(C)(C)O1. The molecule has 1 aromatic rings. The first-order chi connectivity index (χ1) is 10.3. The fraction of sp³-hybridized carbons (Fsp3) is 0.529. The third kappa shape index (κ3) is 3.37. The molecule has 0 unspecified atom stereocenters. The first-order valence-electron chi connectivity index (χ1n) is 7.64. The van der Waals surface area contributed by atoms with Gasteiger partial charge in [0.05, 0.1) is 18.3 Å². The predicted octanol–water partition coefficient (Wildman–Crippen LogP) is 2.93. The Labute approximate surface area is 134 Å². The fourth-order valence-electron chi connectivity index (χ4n) is 2.39. The highest BCUT2D eigenvalue weighted by atomic mass is 16.7. The number of likely N-dealkylation sites (N-methyl/N-ethyl adjacent to an activating group) is 1. The summed E-state index contributed by atoms with van der Waals surface area (Å²) in [5.41, 5.74) is 1.38. The number of benzene rings is 1. The summed E-state index contributed by atoms with van der Waals surface area (Å²) in [4.78, 5) is 0. The number of nitrogens with one attached hydrogen (secondary N) is 1. The number of hydrogen-bond acceptors (Lipinski definition) is 4. The van der Waals surface area contributed by atoms with E-state index in [4.69, 9.17) is 14.0 Å². The number of para-hydroxylation sites is 1. The van der Waals surface area contributed by atoms with Gasteiger partial charge >= 0.3 is 7.12 Å². The molecule has 0 radical (unpaired) electrons. The van der Waals surface area contributed by atoms with Crippen molar-refractivity contribution in [2.24, 2.45) is 0 Å². The van der Waals surface area contributed by atoms with Crippen molar-refractivity contribution in [3.63, 3.8) is 0 Å². The van der Waals surface area contributed by atoms with Crippen LogP contribution in [0.15, 0.2) is 29.7 Å². The summed E-state index contributed by atoms with van der Waals surface area (Å²) in [7, 11) is 3.24. The van der Waals surface area contributed by atoms with Crippen LogP contribution in [-0.2, 0) is 9.31 Å². The fourth-order valence-corrected chi connectivity index (χ4v) is 2.39. The summed E-state index contributed by atoms with van der Waals surface area (Å²) in [6, 6.07) is 7.94. The van der Waals surface area contributed by atoms with E-state index in [1.54, 1.807) is 7.11 Å². The maximum absolute atomic E-state index is 6.15. The number of methoxy groups -OCH3 is 1. The second-order valence-corrected chi connectivity index (χ2v) is 6.58. The summed E-state index contributed by atoms with van der Waals surface area (Å²) >= 11 is 0. The number of rotatable bonds is 5. The standard InChI is InChI=1S/C17H26BNO3/c1-16(2)17(3,4)22-18(21-16)14(12-19-5)11-13-9-7-8-10-15(13)20-6/h7-11,19H,12H2,1-6H3. The van der Waals surface area contributed by atoms with E-state index in [9.17, 15) is 0 Å². The van der Waals surface area contributed by atoms with Gasteiger partial charge in [-0.3, -0.25) is 0 Å². The van der Waals surface area contributed by atoms with Crippen molar-refractivity contribution in [3.05, 3.63) is 35.3 Å². The molecule has 1 saturated heterocycles. The Morgan fingerprint density at radius 1 is 1.18 bits per heavy atom. The van der Waals surface area contributed by atoms with Gasteiger partial charge in [0.2, 0.25) is 0 Å². The van der Waals surface area contributed by atoms with Gasteiger partial charge in [-0.15, -0.1) is 0 Å². The summed E-state index contributed by atoms with van der Waals surface area (Å²) in [6.07, 6.45) is 2.08. The quantitative estimate of drug-likeness (QED) is 0.849. The monoisotopic (exact) mass is 303 g/mol. The minimum absolute atomic E-state index is 0.342. The van der Waals surface area contributed by atoms with Gasteiger partial charge in [0.15, 0.2) is 0 Å². The molecular weight excluding hydrogens is 277 g/mol. The van der Waals surface area contributed by atoms with Gasteiger partial charge in [-0.25, -0.2) is 0 Å². The zero-order valence-electron chi connectivity index (χ0n) is 14.4. The molecule has 0 spiro atoms. The molecular formula is C17H26BNO3. The highest BCUT2D eigenvalue weighted by Gasteiger charge is 2.52. The van der Waals surface area contributed by atoms with Crippen molar-refractivity contribution in [1.82, 2.24) is 5.32 Å². The van der Waals surface area contributed by atoms with Gasteiger partial charge in [-0.2, -0.15) is 0 Å². The lowest BCUT2D eigenvalue weighted by Crippen LogP contribution is -2.41. The largest absolute Gasteiger partial charge is 0.496 e. The van der Waals surface area contributed by atoms with Crippen LogP contribution in [0.2, 0.25) is 0 Å². The van der Waals surface area contributed by atoms with E-state index >= 15 is 0 Å². The zero-order valence-corrected chi connectivity index (χ0v) is 14.4. The molecule has 1 aromatic carbocycles. The van der Waals surface area contributed by atoms with Crippen molar-refractivity contribution in [2.75, 3.05) is 20.7 Å². The van der Waals surface area contributed by atoms with Crippen LogP contribution in [0.25, 0.3) is 6.08 Å². The van der Waals surface area contributed by atoms with Gasteiger partial charge in [0.25, 0.3) is 0 Å². The Bertz CT molecular complexity index is 539. The Morgan fingerprint density at radius 2 is 1.77 bits per heavy atom. The normalized spacial score (nSPS) is 20.3. The van der Waals surface area contributed by atoms with Gasteiger partial charge in [-0.1, -0.05) is 24.3 Å². The van der Waals surface area contributed by atoms with Crippen molar-refractivity contribution >= 4 is 13.2 Å². The molecule has 0 aromatic heterocycles. The molecule has 1 aliphatic rings. The van der Waals surface area contributed by atoms with Crippen LogP contribution in [0, 0.1) is 0 Å². The number of hydrogen-bond donors (Lipinski definition) is 1. The molecule has 22 heavy (non-hydrogen) atoms. The molecule has 1 fully saturated rings. The van der Waals surface area contributed by atoms with E-state index in [0.29, 0.717) is 6.54 Å². The molecule has 1 N–H and O–H groups in total. The molecule has 0 atom stereocenters. The Hall–Kier alpha value is -1.30. The zero-order chi connectivity index (χ0) is 16.4. The number of ether oxygens (including phenoxy) is 1. The van der Waals surface area contributed by atoms with Gasteiger partial charge < -0.3 is 19.4 Å². The third-order valence-corrected chi connectivity index (χ3v) is 4.42. The lowest BCUT2D eigenvalue weighted by atomic mass is 9.77. The van der Waals surface area contributed by atoms with Crippen LogP contribution in [-0.4, -0.2) is 39.0 Å². The van der Waals surface area contributed by atoms with Crippen molar-refractivity contribution < 1.29 is 14.0 Å². The summed E-state index contributed by atoms with van der Waals surface area (Å²) in [6.45, 7) is 8.94. The van der Waals surface area contributed by atoms with Crippen molar-refractivity contribution in [2.45, 2.75) is 38.9 Å². The van der Waals surface area contributed by atoms with Crippen LogP contribution in [0.3, 0.4) is 0 Å². The second-order valence-electron chi connectivity index (χ2n) is 6.58. The third-order valence-electron chi connectivity index (χ3n) is 4.42. The van der Waals surface area contributed by atoms with E-state index < -0.39 is 0 Å². The summed E-state index contributed by atoms with van der Waals surface area (Å²) in [5, 5.41) is 3.19. The molecule has 0 amide bonds. The minimum atomic E-state index is -0.359. The van der Waals surface area contributed by atoms with Gasteiger partial charge in [-0.05, 0) is 46.3 Å². The predicted molar refractivity (Wildman–Crippen MR) is 91.0 cm³/mol. The molecule has 2 rings (SSSR count). The van der Waals surface area contributed by atoms with Crippen molar-refractivity contribution in [1.29, 1.82) is 0 Å². The first-order valence-corrected chi connectivity index (χ1v) is 7.64. The molecule has 0 saturated carbocycles. The lowest BCUT2D eigenvalue weighted by molar-refractivity contribution is 0.00578. The second kappa shape index (κ2) is 6.45. The van der Waals surface area contributed by atoms with E-state index in [1.807, 2.05) is 31.3 Å².